The van der Waals surface area contributed by atoms with Crippen molar-refractivity contribution in [3.63, 3.8) is 0 Å². The number of hydrogen-bond acceptors (Lipinski definition) is 3. The number of carbonyl (C=O) groups excluding carboxylic acids is 2. The Hall–Kier alpha value is -1.84. The van der Waals surface area contributed by atoms with Crippen LogP contribution in [0.25, 0.3) is 0 Å². The molecule has 0 spiro atoms. The zero-order valence-corrected chi connectivity index (χ0v) is 13.1. The first-order valence-corrected chi connectivity index (χ1v) is 7.62. The second kappa shape index (κ2) is 5.88. The third kappa shape index (κ3) is 3.09. The van der Waals surface area contributed by atoms with Gasteiger partial charge in [0.1, 0.15) is 0 Å². The monoisotopic (exact) mass is 288 g/mol. The Morgan fingerprint density at radius 1 is 1.14 bits per heavy atom. The molecule has 2 N–H and O–H groups in total. The largest absolute Gasteiger partial charge is 0.398 e. The molecule has 0 radical (unpaired) electrons. The minimum absolute atomic E-state index is 0.0721. The number of hydrogen-bond donors (Lipinski definition) is 1. The summed E-state index contributed by atoms with van der Waals surface area (Å²) in [7, 11) is 0. The maximum atomic E-state index is 12.5. The minimum atomic E-state index is -0.253. The topological polar surface area (TPSA) is 63.4 Å². The van der Waals surface area contributed by atoms with Crippen molar-refractivity contribution in [2.45, 2.75) is 46.5 Å². The number of nitrogen functional groups attached to an aromatic ring is 1. The molecule has 4 heteroatoms. The van der Waals surface area contributed by atoms with Gasteiger partial charge >= 0.3 is 0 Å². The molecule has 2 amide bonds. The van der Waals surface area contributed by atoms with Gasteiger partial charge in [-0.3, -0.25) is 14.5 Å². The van der Waals surface area contributed by atoms with Gasteiger partial charge in [-0.05, 0) is 24.0 Å². The summed E-state index contributed by atoms with van der Waals surface area (Å²) in [5.41, 5.74) is 6.97. The lowest BCUT2D eigenvalue weighted by atomic mass is 9.86. The molecule has 0 aliphatic carbocycles. The molecule has 21 heavy (non-hydrogen) atoms. The van der Waals surface area contributed by atoms with E-state index in [-0.39, 0.29) is 17.2 Å². The van der Waals surface area contributed by atoms with Crippen molar-refractivity contribution in [3.05, 3.63) is 29.3 Å². The highest BCUT2D eigenvalue weighted by Crippen LogP contribution is 2.32. The fourth-order valence-corrected chi connectivity index (χ4v) is 2.86. The molecular formula is C17H24N2O2. The van der Waals surface area contributed by atoms with Gasteiger partial charge in [-0.2, -0.15) is 0 Å². The van der Waals surface area contributed by atoms with E-state index in [0.717, 1.165) is 12.8 Å². The maximum Gasteiger partial charge on any atom is 0.263 e. The van der Waals surface area contributed by atoms with Crippen LogP contribution < -0.4 is 5.73 Å². The number of carbonyl (C=O) groups is 2. The van der Waals surface area contributed by atoms with E-state index in [4.69, 9.17) is 5.73 Å². The van der Waals surface area contributed by atoms with Crippen molar-refractivity contribution in [2.24, 2.45) is 5.41 Å². The molecule has 0 saturated carbocycles. The Kier molecular flexibility index (Phi) is 4.35. The Morgan fingerprint density at radius 3 is 2.48 bits per heavy atom. The highest BCUT2D eigenvalue weighted by atomic mass is 16.2. The number of imide groups is 1. The fraction of sp³-hybridized carbons (Fsp3) is 0.529. The summed E-state index contributed by atoms with van der Waals surface area (Å²) in [5.74, 6) is -0.470. The maximum absolute atomic E-state index is 12.5. The van der Waals surface area contributed by atoms with Crippen LogP contribution in [-0.4, -0.2) is 23.3 Å². The first-order chi connectivity index (χ1) is 9.87. The molecule has 2 rings (SSSR count). The number of anilines is 1. The molecule has 0 saturated heterocycles. The van der Waals surface area contributed by atoms with Gasteiger partial charge in [-0.25, -0.2) is 0 Å². The van der Waals surface area contributed by atoms with Crippen LogP contribution in [-0.2, 0) is 0 Å². The summed E-state index contributed by atoms with van der Waals surface area (Å²) in [6.07, 6.45) is 4.47. The van der Waals surface area contributed by atoms with Crippen molar-refractivity contribution >= 4 is 17.5 Å². The van der Waals surface area contributed by atoms with Crippen LogP contribution in [0.4, 0.5) is 5.69 Å². The van der Waals surface area contributed by atoms with E-state index in [9.17, 15) is 9.59 Å². The predicted octanol–water partition coefficient (Wildman–Crippen LogP) is 3.47. The molecule has 0 aromatic heterocycles. The lowest BCUT2D eigenvalue weighted by Crippen LogP contribution is -2.38. The van der Waals surface area contributed by atoms with E-state index in [1.54, 1.807) is 18.2 Å². The third-order valence-electron chi connectivity index (χ3n) is 4.07. The van der Waals surface area contributed by atoms with Gasteiger partial charge in [-0.1, -0.05) is 46.1 Å². The van der Waals surface area contributed by atoms with Gasteiger partial charge in [0.25, 0.3) is 11.8 Å². The normalized spacial score (nSPS) is 14.7. The van der Waals surface area contributed by atoms with Crippen LogP contribution in [0.2, 0.25) is 0 Å². The molecule has 0 fully saturated rings. The molecule has 1 aromatic carbocycles. The van der Waals surface area contributed by atoms with Gasteiger partial charge < -0.3 is 5.73 Å². The molecule has 1 heterocycles. The molecule has 1 aliphatic heterocycles. The Morgan fingerprint density at radius 2 is 1.86 bits per heavy atom. The summed E-state index contributed by atoms with van der Waals surface area (Å²) < 4.78 is 0. The second-order valence-corrected chi connectivity index (χ2v) is 6.59. The van der Waals surface area contributed by atoms with E-state index >= 15 is 0 Å². The van der Waals surface area contributed by atoms with Gasteiger partial charge in [0.05, 0.1) is 11.1 Å². The van der Waals surface area contributed by atoms with Gasteiger partial charge in [0, 0.05) is 12.2 Å². The summed E-state index contributed by atoms with van der Waals surface area (Å²) >= 11 is 0. The van der Waals surface area contributed by atoms with E-state index < -0.39 is 0 Å². The molecule has 1 aromatic rings. The molecule has 1 aliphatic rings. The zero-order valence-electron chi connectivity index (χ0n) is 13.1. The highest BCUT2D eigenvalue weighted by molar-refractivity contribution is 6.23. The average molecular weight is 288 g/mol. The van der Waals surface area contributed by atoms with Crippen LogP contribution in [0.1, 0.15) is 67.2 Å². The highest BCUT2D eigenvalue weighted by Gasteiger charge is 2.39. The van der Waals surface area contributed by atoms with Crippen molar-refractivity contribution in [2.75, 3.05) is 12.3 Å². The first-order valence-electron chi connectivity index (χ1n) is 7.62. The SMILES string of the molecule is CCCCCC(C)(C)CN1C(=O)c2cccc(N)c2C1=O. The smallest absolute Gasteiger partial charge is 0.263 e. The third-order valence-corrected chi connectivity index (χ3v) is 4.07. The van der Waals surface area contributed by atoms with Crippen molar-refractivity contribution in [3.8, 4) is 0 Å². The number of nitrogens with zero attached hydrogens (tertiary/aromatic N) is 1. The number of unbranched alkanes of at least 4 members (excludes halogenated alkanes) is 2. The lowest BCUT2D eigenvalue weighted by Gasteiger charge is -2.29. The number of rotatable bonds is 6. The molecular weight excluding hydrogens is 264 g/mol. The van der Waals surface area contributed by atoms with Gasteiger partial charge in [-0.15, -0.1) is 0 Å². The van der Waals surface area contributed by atoms with Crippen molar-refractivity contribution < 1.29 is 9.59 Å². The molecule has 4 nitrogen and oxygen atoms in total. The van der Waals surface area contributed by atoms with Crippen LogP contribution in [0.15, 0.2) is 18.2 Å². The van der Waals surface area contributed by atoms with Crippen LogP contribution in [0.5, 0.6) is 0 Å². The Balaban J connectivity index is 2.15. The summed E-state index contributed by atoms with van der Waals surface area (Å²) in [6, 6.07) is 5.06. The quantitative estimate of drug-likeness (QED) is 0.495. The average Bonchev–Trinajstić information content (AvgIpc) is 2.65. The van der Waals surface area contributed by atoms with Crippen LogP contribution in [0, 0.1) is 5.41 Å². The number of benzene rings is 1. The molecule has 114 valence electrons. The van der Waals surface area contributed by atoms with Crippen molar-refractivity contribution in [1.29, 1.82) is 0 Å². The molecule has 0 unspecified atom stereocenters. The van der Waals surface area contributed by atoms with E-state index in [2.05, 4.69) is 20.8 Å². The standard InChI is InChI=1S/C17H24N2O2/c1-4-5-6-10-17(2,3)11-19-15(20)12-8-7-9-13(18)14(12)16(19)21/h7-9H,4-6,10-11,18H2,1-3H3. The molecule has 0 atom stereocenters. The van der Waals surface area contributed by atoms with E-state index in [0.29, 0.717) is 23.4 Å². The van der Waals surface area contributed by atoms with E-state index in [1.165, 1.54) is 17.7 Å². The van der Waals surface area contributed by atoms with E-state index in [1.807, 2.05) is 0 Å². The summed E-state index contributed by atoms with van der Waals surface area (Å²) in [5, 5.41) is 0. The Bertz CT molecular complexity index is 564. The summed E-state index contributed by atoms with van der Waals surface area (Å²) in [6.45, 7) is 6.83. The first kappa shape index (κ1) is 15.5. The fourth-order valence-electron chi connectivity index (χ4n) is 2.86. The lowest BCUT2D eigenvalue weighted by molar-refractivity contribution is 0.0583. The Labute approximate surface area is 126 Å². The molecule has 0 bridgehead atoms. The second-order valence-electron chi connectivity index (χ2n) is 6.59. The van der Waals surface area contributed by atoms with Gasteiger partial charge in [0.15, 0.2) is 0 Å². The van der Waals surface area contributed by atoms with Crippen molar-refractivity contribution in [1.82, 2.24) is 4.90 Å². The van der Waals surface area contributed by atoms with Crippen LogP contribution in [0.3, 0.4) is 0 Å². The number of fused-ring (bicyclic) bond motifs is 1. The number of nitrogens with two attached hydrogens (primary N) is 1. The summed E-state index contributed by atoms with van der Waals surface area (Å²) in [4.78, 5) is 26.2. The zero-order chi connectivity index (χ0) is 15.6. The van der Waals surface area contributed by atoms with Crippen LogP contribution >= 0.6 is 0 Å². The van der Waals surface area contributed by atoms with Gasteiger partial charge in [0.2, 0.25) is 0 Å². The minimum Gasteiger partial charge on any atom is -0.398 e. The number of amides is 2. The predicted molar refractivity (Wildman–Crippen MR) is 84.1 cm³/mol.